The Kier molecular flexibility index (Phi) is 8.34. The first-order valence-electron chi connectivity index (χ1n) is 7.59. The molecule has 24 heavy (non-hydrogen) atoms. The van der Waals surface area contributed by atoms with Gasteiger partial charge in [-0.15, -0.1) is 24.0 Å². The Morgan fingerprint density at radius 2 is 2.00 bits per heavy atom. The molecule has 1 aromatic rings. The van der Waals surface area contributed by atoms with Crippen molar-refractivity contribution in [3.05, 3.63) is 35.4 Å². The van der Waals surface area contributed by atoms with E-state index in [-0.39, 0.29) is 60.1 Å². The first-order chi connectivity index (χ1) is 10.9. The molecule has 0 spiro atoms. The average Bonchev–Trinajstić information content (AvgIpc) is 2.81. The minimum Gasteiger partial charge on any atom is -0.357 e. The number of hydrogen-bond acceptors (Lipinski definition) is 3. The van der Waals surface area contributed by atoms with Crippen LogP contribution in [-0.4, -0.2) is 45.0 Å². The lowest BCUT2D eigenvalue weighted by Gasteiger charge is -2.15. The van der Waals surface area contributed by atoms with Gasteiger partial charge in [-0.3, -0.25) is 4.99 Å². The minimum absolute atomic E-state index is 0. The first kappa shape index (κ1) is 21.1. The Labute approximate surface area is 158 Å². The summed E-state index contributed by atoms with van der Waals surface area (Å²) in [7, 11) is -2.98. The van der Waals surface area contributed by atoms with Crippen LogP contribution in [-0.2, 0) is 16.3 Å². The van der Waals surface area contributed by atoms with E-state index in [9.17, 15) is 17.2 Å². The summed E-state index contributed by atoms with van der Waals surface area (Å²) in [5.74, 6) is -0.449. The predicted molar refractivity (Wildman–Crippen MR) is 102 cm³/mol. The van der Waals surface area contributed by atoms with E-state index in [1.165, 1.54) is 18.2 Å². The highest BCUT2D eigenvalue weighted by molar-refractivity contribution is 14.0. The molecule has 2 rings (SSSR count). The van der Waals surface area contributed by atoms with Crippen molar-refractivity contribution in [3.8, 4) is 0 Å². The van der Waals surface area contributed by atoms with Crippen LogP contribution in [0.1, 0.15) is 18.9 Å². The lowest BCUT2D eigenvalue weighted by atomic mass is 10.1. The summed E-state index contributed by atoms with van der Waals surface area (Å²) < 4.78 is 50.0. The van der Waals surface area contributed by atoms with Gasteiger partial charge in [0, 0.05) is 24.7 Å². The van der Waals surface area contributed by atoms with E-state index in [2.05, 4.69) is 15.6 Å². The molecule has 5 nitrogen and oxygen atoms in total. The van der Waals surface area contributed by atoms with Crippen LogP contribution in [0, 0.1) is 11.6 Å². The van der Waals surface area contributed by atoms with Crippen LogP contribution in [0.5, 0.6) is 0 Å². The van der Waals surface area contributed by atoms with Gasteiger partial charge < -0.3 is 10.6 Å². The second-order valence-corrected chi connectivity index (χ2v) is 7.68. The Morgan fingerprint density at radius 3 is 2.54 bits per heavy atom. The molecule has 1 saturated heterocycles. The molecule has 0 aliphatic carbocycles. The molecule has 1 aliphatic heterocycles. The summed E-state index contributed by atoms with van der Waals surface area (Å²) in [4.78, 5) is 4.27. The number of halogens is 3. The highest BCUT2D eigenvalue weighted by Crippen LogP contribution is 2.13. The van der Waals surface area contributed by atoms with Gasteiger partial charge in [-0.05, 0) is 31.9 Å². The maximum atomic E-state index is 13.5. The van der Waals surface area contributed by atoms with Crippen molar-refractivity contribution < 1.29 is 17.2 Å². The van der Waals surface area contributed by atoms with E-state index < -0.39 is 21.5 Å². The summed E-state index contributed by atoms with van der Waals surface area (Å²) in [6.07, 6.45) is 0.673. The fourth-order valence-corrected chi connectivity index (χ4v) is 4.15. The summed E-state index contributed by atoms with van der Waals surface area (Å²) in [5.41, 5.74) is 0.00976. The molecule has 0 bridgehead atoms. The molecular weight excluding hydrogens is 451 g/mol. The molecule has 1 aromatic carbocycles. The van der Waals surface area contributed by atoms with Gasteiger partial charge in [0.05, 0.1) is 11.5 Å². The number of hydrogen-bond donors (Lipinski definition) is 2. The lowest BCUT2D eigenvalue weighted by molar-refractivity contribution is 0.555. The van der Waals surface area contributed by atoms with Crippen molar-refractivity contribution in [1.82, 2.24) is 10.6 Å². The van der Waals surface area contributed by atoms with E-state index in [4.69, 9.17) is 0 Å². The Balaban J connectivity index is 0.00000288. The number of guanidine groups is 1. The van der Waals surface area contributed by atoms with Gasteiger partial charge in [-0.1, -0.05) is 6.07 Å². The summed E-state index contributed by atoms with van der Waals surface area (Å²) >= 11 is 0. The van der Waals surface area contributed by atoms with Crippen LogP contribution >= 0.6 is 24.0 Å². The van der Waals surface area contributed by atoms with Crippen molar-refractivity contribution >= 4 is 39.8 Å². The molecule has 0 radical (unpaired) electrons. The Bertz CT molecular complexity index is 663. The molecule has 1 atom stereocenters. The molecule has 1 unspecified atom stereocenters. The van der Waals surface area contributed by atoms with Gasteiger partial charge in [-0.25, -0.2) is 17.2 Å². The highest BCUT2D eigenvalue weighted by atomic mass is 127. The molecule has 0 amide bonds. The summed E-state index contributed by atoms with van der Waals surface area (Å²) in [6, 6.07) is 3.58. The average molecular weight is 473 g/mol. The van der Waals surface area contributed by atoms with Gasteiger partial charge >= 0.3 is 0 Å². The van der Waals surface area contributed by atoms with E-state index >= 15 is 0 Å². The van der Waals surface area contributed by atoms with Crippen molar-refractivity contribution in [2.45, 2.75) is 25.8 Å². The van der Waals surface area contributed by atoms with E-state index in [1.807, 2.05) is 6.92 Å². The quantitative estimate of drug-likeness (QED) is 0.389. The Morgan fingerprint density at radius 1 is 1.33 bits per heavy atom. The maximum Gasteiger partial charge on any atom is 0.191 e. The molecular formula is C15H22F2IN3O2S. The first-order valence-corrected chi connectivity index (χ1v) is 9.41. The van der Waals surface area contributed by atoms with Gasteiger partial charge in [0.15, 0.2) is 15.8 Å². The molecule has 1 heterocycles. The second kappa shape index (κ2) is 9.50. The highest BCUT2D eigenvalue weighted by Gasteiger charge is 2.28. The SMILES string of the molecule is CCNC(=NCCc1c(F)cccc1F)NC1CCS(=O)(=O)C1.I. The smallest absolute Gasteiger partial charge is 0.191 e. The number of nitrogens with one attached hydrogen (secondary N) is 2. The number of benzene rings is 1. The number of aliphatic imine (C=N–C) groups is 1. The molecule has 0 saturated carbocycles. The van der Waals surface area contributed by atoms with Crippen LogP contribution < -0.4 is 10.6 Å². The van der Waals surface area contributed by atoms with Crippen LogP contribution in [0.2, 0.25) is 0 Å². The summed E-state index contributed by atoms with van der Waals surface area (Å²) in [6.45, 7) is 2.70. The fourth-order valence-electron chi connectivity index (χ4n) is 2.47. The zero-order valence-corrected chi connectivity index (χ0v) is 16.5. The van der Waals surface area contributed by atoms with Crippen LogP contribution in [0.4, 0.5) is 8.78 Å². The van der Waals surface area contributed by atoms with E-state index in [0.29, 0.717) is 18.9 Å². The third kappa shape index (κ3) is 6.15. The third-order valence-electron chi connectivity index (χ3n) is 3.61. The van der Waals surface area contributed by atoms with Gasteiger partial charge in [0.1, 0.15) is 11.6 Å². The van der Waals surface area contributed by atoms with E-state index in [0.717, 1.165) is 0 Å². The maximum absolute atomic E-state index is 13.5. The minimum atomic E-state index is -2.98. The topological polar surface area (TPSA) is 70.6 Å². The summed E-state index contributed by atoms with van der Waals surface area (Å²) in [5, 5.41) is 6.07. The third-order valence-corrected chi connectivity index (χ3v) is 5.38. The Hall–Kier alpha value is -0.970. The molecule has 0 aromatic heterocycles. The van der Waals surface area contributed by atoms with E-state index in [1.54, 1.807) is 0 Å². The zero-order valence-electron chi connectivity index (χ0n) is 13.4. The van der Waals surface area contributed by atoms with Crippen molar-refractivity contribution in [1.29, 1.82) is 0 Å². The zero-order chi connectivity index (χ0) is 16.9. The standard InChI is InChI=1S/C15H21F2N3O2S.HI/c1-2-18-15(20-11-7-9-23(21,22)10-11)19-8-6-12-13(16)4-3-5-14(12)17;/h3-5,11H,2,6-10H2,1H3,(H2,18,19,20);1H. The van der Waals surface area contributed by atoms with Crippen molar-refractivity contribution in [3.63, 3.8) is 0 Å². The van der Waals surface area contributed by atoms with Crippen LogP contribution in [0.3, 0.4) is 0 Å². The molecule has 1 aliphatic rings. The largest absolute Gasteiger partial charge is 0.357 e. The van der Waals surface area contributed by atoms with Crippen LogP contribution in [0.15, 0.2) is 23.2 Å². The number of sulfone groups is 1. The number of nitrogens with zero attached hydrogens (tertiary/aromatic N) is 1. The molecule has 136 valence electrons. The van der Waals surface area contributed by atoms with Gasteiger partial charge in [-0.2, -0.15) is 0 Å². The predicted octanol–water partition coefficient (Wildman–Crippen LogP) is 1.87. The normalized spacial score (nSPS) is 19.6. The van der Waals surface area contributed by atoms with Crippen molar-refractivity contribution in [2.24, 2.45) is 4.99 Å². The second-order valence-electron chi connectivity index (χ2n) is 5.46. The van der Waals surface area contributed by atoms with Gasteiger partial charge in [0.2, 0.25) is 0 Å². The monoisotopic (exact) mass is 473 g/mol. The van der Waals surface area contributed by atoms with Gasteiger partial charge in [0.25, 0.3) is 0 Å². The van der Waals surface area contributed by atoms with Crippen molar-refractivity contribution in [2.75, 3.05) is 24.6 Å². The number of rotatable bonds is 5. The fraction of sp³-hybridized carbons (Fsp3) is 0.533. The molecule has 2 N–H and O–H groups in total. The van der Waals surface area contributed by atoms with Crippen LogP contribution in [0.25, 0.3) is 0 Å². The molecule has 9 heteroatoms. The lowest BCUT2D eigenvalue weighted by Crippen LogP contribution is -2.44. The molecule has 1 fully saturated rings.